The maximum Gasteiger partial charge on any atom is 0.281 e. The van der Waals surface area contributed by atoms with Crippen molar-refractivity contribution in [2.24, 2.45) is 0 Å². The Balaban J connectivity index is 1.96. The molecule has 1 unspecified atom stereocenters. The minimum Gasteiger partial charge on any atom is -0.447 e. The van der Waals surface area contributed by atoms with E-state index in [-0.39, 0.29) is 5.41 Å². The van der Waals surface area contributed by atoms with Crippen molar-refractivity contribution in [2.45, 2.75) is 32.6 Å². The SMILES string of the molecule is CC(C)(C)c1cc(NC(O)Oc2ccccc2)on1. The lowest BCUT2D eigenvalue weighted by atomic mass is 9.92. The zero-order valence-corrected chi connectivity index (χ0v) is 11.3. The fourth-order valence-electron chi connectivity index (χ4n) is 1.48. The number of nitrogens with one attached hydrogen (secondary N) is 1. The first-order chi connectivity index (χ1) is 8.95. The molecule has 0 radical (unpaired) electrons. The van der Waals surface area contributed by atoms with Crippen LogP contribution in [0, 0.1) is 0 Å². The molecule has 102 valence electrons. The van der Waals surface area contributed by atoms with E-state index in [1.165, 1.54) is 0 Å². The van der Waals surface area contributed by atoms with Crippen LogP contribution in [-0.2, 0) is 5.41 Å². The number of ether oxygens (including phenoxy) is 1. The largest absolute Gasteiger partial charge is 0.447 e. The first-order valence-electron chi connectivity index (χ1n) is 6.09. The van der Waals surface area contributed by atoms with E-state index >= 15 is 0 Å². The number of hydrogen-bond donors (Lipinski definition) is 2. The van der Waals surface area contributed by atoms with Gasteiger partial charge < -0.3 is 14.4 Å². The Bertz CT molecular complexity index is 517. The molecule has 0 amide bonds. The molecule has 1 aromatic heterocycles. The fourth-order valence-corrected chi connectivity index (χ4v) is 1.48. The summed E-state index contributed by atoms with van der Waals surface area (Å²) in [5, 5.41) is 16.4. The van der Waals surface area contributed by atoms with Crippen LogP contribution in [0.5, 0.6) is 5.75 Å². The van der Waals surface area contributed by atoms with Gasteiger partial charge in [-0.2, -0.15) is 0 Å². The van der Waals surface area contributed by atoms with E-state index < -0.39 is 6.41 Å². The van der Waals surface area contributed by atoms with Gasteiger partial charge in [0, 0.05) is 11.5 Å². The van der Waals surface area contributed by atoms with Crippen molar-refractivity contribution in [1.82, 2.24) is 5.16 Å². The highest BCUT2D eigenvalue weighted by atomic mass is 16.6. The second kappa shape index (κ2) is 5.32. The van der Waals surface area contributed by atoms with Gasteiger partial charge in [-0.05, 0) is 12.1 Å². The predicted molar refractivity (Wildman–Crippen MR) is 71.9 cm³/mol. The van der Waals surface area contributed by atoms with Crippen LogP contribution in [0.15, 0.2) is 40.9 Å². The predicted octanol–water partition coefficient (Wildman–Crippen LogP) is 2.74. The zero-order chi connectivity index (χ0) is 13.9. The third-order valence-corrected chi connectivity index (χ3v) is 2.54. The third kappa shape index (κ3) is 3.72. The Kier molecular flexibility index (Phi) is 3.76. The minimum atomic E-state index is -1.19. The molecule has 0 aliphatic heterocycles. The molecule has 2 rings (SSSR count). The minimum absolute atomic E-state index is 0.103. The Morgan fingerprint density at radius 1 is 1.26 bits per heavy atom. The fraction of sp³-hybridized carbons (Fsp3) is 0.357. The van der Waals surface area contributed by atoms with Gasteiger partial charge in [-0.3, -0.25) is 5.32 Å². The monoisotopic (exact) mass is 262 g/mol. The lowest BCUT2D eigenvalue weighted by Crippen LogP contribution is -2.25. The van der Waals surface area contributed by atoms with Crippen LogP contribution in [0.4, 0.5) is 5.88 Å². The summed E-state index contributed by atoms with van der Waals surface area (Å²) < 4.78 is 10.4. The first kappa shape index (κ1) is 13.4. The summed E-state index contributed by atoms with van der Waals surface area (Å²) in [5.74, 6) is 0.936. The van der Waals surface area contributed by atoms with Crippen molar-refractivity contribution in [2.75, 3.05) is 5.32 Å². The number of aliphatic hydroxyl groups excluding tert-OH is 1. The molecule has 0 aliphatic rings. The molecule has 0 saturated heterocycles. The van der Waals surface area contributed by atoms with Crippen LogP contribution in [0.3, 0.4) is 0 Å². The topological polar surface area (TPSA) is 67.5 Å². The van der Waals surface area contributed by atoms with E-state index in [0.29, 0.717) is 11.6 Å². The van der Waals surface area contributed by atoms with E-state index in [2.05, 4.69) is 10.5 Å². The van der Waals surface area contributed by atoms with E-state index in [0.717, 1.165) is 5.69 Å². The van der Waals surface area contributed by atoms with Gasteiger partial charge in [-0.1, -0.05) is 44.1 Å². The molecule has 0 saturated carbocycles. The van der Waals surface area contributed by atoms with Gasteiger partial charge in [-0.25, -0.2) is 0 Å². The van der Waals surface area contributed by atoms with Crippen LogP contribution in [-0.4, -0.2) is 16.7 Å². The molecule has 0 fully saturated rings. The molecule has 2 aromatic rings. The number of aliphatic hydroxyl groups is 1. The smallest absolute Gasteiger partial charge is 0.281 e. The highest BCUT2D eigenvalue weighted by Gasteiger charge is 2.19. The molecule has 19 heavy (non-hydrogen) atoms. The van der Waals surface area contributed by atoms with Gasteiger partial charge >= 0.3 is 0 Å². The van der Waals surface area contributed by atoms with Crippen molar-refractivity contribution < 1.29 is 14.4 Å². The Hall–Kier alpha value is -2.01. The molecule has 0 bridgehead atoms. The van der Waals surface area contributed by atoms with Gasteiger partial charge in [0.15, 0.2) is 0 Å². The van der Waals surface area contributed by atoms with E-state index in [9.17, 15) is 5.11 Å². The van der Waals surface area contributed by atoms with Gasteiger partial charge in [0.2, 0.25) is 5.88 Å². The quantitative estimate of drug-likeness (QED) is 0.829. The van der Waals surface area contributed by atoms with Crippen LogP contribution in [0.25, 0.3) is 0 Å². The van der Waals surface area contributed by atoms with Crippen molar-refractivity contribution in [3.05, 3.63) is 42.1 Å². The summed E-state index contributed by atoms with van der Waals surface area (Å²) >= 11 is 0. The summed E-state index contributed by atoms with van der Waals surface area (Å²) in [6.45, 7) is 6.10. The molecule has 0 spiro atoms. The van der Waals surface area contributed by atoms with Crippen molar-refractivity contribution >= 4 is 5.88 Å². The lowest BCUT2D eigenvalue weighted by Gasteiger charge is -2.14. The number of aromatic nitrogens is 1. The summed E-state index contributed by atoms with van der Waals surface area (Å²) in [6, 6.07) is 10.8. The maximum absolute atomic E-state index is 9.75. The average molecular weight is 262 g/mol. The Morgan fingerprint density at radius 3 is 2.53 bits per heavy atom. The molecule has 1 aromatic carbocycles. The summed E-state index contributed by atoms with van der Waals surface area (Å²) in [6.07, 6.45) is -1.19. The van der Waals surface area contributed by atoms with E-state index in [4.69, 9.17) is 9.26 Å². The van der Waals surface area contributed by atoms with Crippen LogP contribution < -0.4 is 10.1 Å². The molecule has 0 aliphatic carbocycles. The molecular formula is C14H18N2O3. The zero-order valence-electron chi connectivity index (χ0n) is 11.3. The number of benzene rings is 1. The van der Waals surface area contributed by atoms with Crippen LogP contribution in [0.1, 0.15) is 26.5 Å². The first-order valence-corrected chi connectivity index (χ1v) is 6.09. The molecular weight excluding hydrogens is 244 g/mol. The van der Waals surface area contributed by atoms with Gasteiger partial charge in [-0.15, -0.1) is 0 Å². The second-order valence-electron chi connectivity index (χ2n) is 5.25. The van der Waals surface area contributed by atoms with Crippen LogP contribution >= 0.6 is 0 Å². The lowest BCUT2D eigenvalue weighted by molar-refractivity contribution is 0.00578. The average Bonchev–Trinajstić information content (AvgIpc) is 2.78. The van der Waals surface area contributed by atoms with E-state index in [1.807, 2.05) is 39.0 Å². The highest BCUT2D eigenvalue weighted by Crippen LogP contribution is 2.24. The number of para-hydroxylation sites is 1. The van der Waals surface area contributed by atoms with Crippen molar-refractivity contribution in [3.8, 4) is 5.75 Å². The van der Waals surface area contributed by atoms with Gasteiger partial charge in [0.05, 0.1) is 5.69 Å². The summed E-state index contributed by atoms with van der Waals surface area (Å²) in [4.78, 5) is 0. The highest BCUT2D eigenvalue weighted by molar-refractivity contribution is 5.34. The third-order valence-electron chi connectivity index (χ3n) is 2.54. The van der Waals surface area contributed by atoms with Crippen LogP contribution in [0.2, 0.25) is 0 Å². The van der Waals surface area contributed by atoms with Gasteiger partial charge in [0.25, 0.3) is 6.41 Å². The molecule has 1 heterocycles. The number of rotatable bonds is 4. The summed E-state index contributed by atoms with van der Waals surface area (Å²) in [7, 11) is 0. The van der Waals surface area contributed by atoms with E-state index in [1.54, 1.807) is 18.2 Å². The Morgan fingerprint density at radius 2 is 1.95 bits per heavy atom. The normalized spacial score (nSPS) is 13.1. The maximum atomic E-state index is 9.75. The Labute approximate surface area is 112 Å². The second-order valence-corrected chi connectivity index (χ2v) is 5.25. The number of hydrogen-bond acceptors (Lipinski definition) is 5. The molecule has 5 heteroatoms. The number of nitrogens with zero attached hydrogens (tertiary/aromatic N) is 1. The summed E-state index contributed by atoms with van der Waals surface area (Å²) in [5.41, 5.74) is 0.705. The van der Waals surface area contributed by atoms with Gasteiger partial charge in [0.1, 0.15) is 5.75 Å². The van der Waals surface area contributed by atoms with Crippen molar-refractivity contribution in [3.63, 3.8) is 0 Å². The number of anilines is 1. The molecule has 2 N–H and O–H groups in total. The standard InChI is InChI=1S/C14H18N2O3/c1-14(2,3)11-9-12(19-16-11)15-13(17)18-10-7-5-4-6-8-10/h4-9,13,15,17H,1-3H3. The molecule has 1 atom stereocenters. The molecule has 5 nitrogen and oxygen atoms in total. The van der Waals surface area contributed by atoms with Crippen molar-refractivity contribution in [1.29, 1.82) is 0 Å².